The number of amides is 1. The van der Waals surface area contributed by atoms with Crippen LogP contribution in [0.15, 0.2) is 59.8 Å². The van der Waals surface area contributed by atoms with Gasteiger partial charge in [0.1, 0.15) is 0 Å². The van der Waals surface area contributed by atoms with Crippen molar-refractivity contribution in [3.05, 3.63) is 66.0 Å². The van der Waals surface area contributed by atoms with Crippen LogP contribution in [0.5, 0.6) is 11.5 Å². The minimum atomic E-state index is -0.340. The standard InChI is InChI=1S/C23H28N4O3S/c1-16(2)27-22(17(3)30-20-13-9-8-12-19(20)29-4)25-26-23(27)31-15-21(28)24-14-18-10-6-5-7-11-18/h5-13,16-17H,14-15H2,1-4H3,(H,24,28). The van der Waals surface area contributed by atoms with E-state index >= 15 is 0 Å². The van der Waals surface area contributed by atoms with Crippen LogP contribution < -0.4 is 14.8 Å². The van der Waals surface area contributed by atoms with Gasteiger partial charge < -0.3 is 19.4 Å². The van der Waals surface area contributed by atoms with Gasteiger partial charge in [0.05, 0.1) is 12.9 Å². The Morgan fingerprint density at radius 2 is 1.71 bits per heavy atom. The lowest BCUT2D eigenvalue weighted by atomic mass is 10.2. The van der Waals surface area contributed by atoms with E-state index < -0.39 is 0 Å². The van der Waals surface area contributed by atoms with Gasteiger partial charge in [0.15, 0.2) is 28.6 Å². The summed E-state index contributed by atoms with van der Waals surface area (Å²) in [5, 5.41) is 12.3. The highest BCUT2D eigenvalue weighted by molar-refractivity contribution is 7.99. The van der Waals surface area contributed by atoms with Crippen molar-refractivity contribution in [3.63, 3.8) is 0 Å². The van der Waals surface area contributed by atoms with Gasteiger partial charge in [0.25, 0.3) is 0 Å². The normalized spacial score (nSPS) is 11.9. The Balaban J connectivity index is 1.65. The quantitative estimate of drug-likeness (QED) is 0.470. The molecule has 1 aromatic heterocycles. The van der Waals surface area contributed by atoms with E-state index in [1.807, 2.05) is 66.1 Å². The molecule has 1 N–H and O–H groups in total. The molecule has 7 nitrogen and oxygen atoms in total. The van der Waals surface area contributed by atoms with Crippen molar-refractivity contribution in [1.82, 2.24) is 20.1 Å². The summed E-state index contributed by atoms with van der Waals surface area (Å²) in [5.41, 5.74) is 1.07. The fraction of sp³-hybridized carbons (Fsp3) is 0.348. The lowest BCUT2D eigenvalue weighted by Crippen LogP contribution is -2.24. The average Bonchev–Trinajstić information content (AvgIpc) is 3.22. The summed E-state index contributed by atoms with van der Waals surface area (Å²) in [4.78, 5) is 12.3. The summed E-state index contributed by atoms with van der Waals surface area (Å²) < 4.78 is 13.5. The number of hydrogen-bond acceptors (Lipinski definition) is 6. The molecule has 0 saturated carbocycles. The van der Waals surface area contributed by atoms with E-state index in [1.165, 1.54) is 11.8 Å². The molecule has 1 unspecified atom stereocenters. The van der Waals surface area contributed by atoms with Gasteiger partial charge in [-0.2, -0.15) is 0 Å². The number of ether oxygens (including phenoxy) is 2. The minimum Gasteiger partial charge on any atom is -0.493 e. The van der Waals surface area contributed by atoms with E-state index in [2.05, 4.69) is 29.4 Å². The Morgan fingerprint density at radius 1 is 1.03 bits per heavy atom. The predicted molar refractivity (Wildman–Crippen MR) is 121 cm³/mol. The fourth-order valence-electron chi connectivity index (χ4n) is 3.09. The third kappa shape index (κ3) is 6.01. The molecule has 1 atom stereocenters. The van der Waals surface area contributed by atoms with E-state index in [1.54, 1.807) is 7.11 Å². The van der Waals surface area contributed by atoms with Gasteiger partial charge in [0, 0.05) is 12.6 Å². The Bertz CT molecular complexity index is 991. The van der Waals surface area contributed by atoms with Crippen molar-refractivity contribution in [2.75, 3.05) is 12.9 Å². The molecule has 0 fully saturated rings. The second-order valence-corrected chi connectivity index (χ2v) is 8.21. The van der Waals surface area contributed by atoms with E-state index in [-0.39, 0.29) is 23.8 Å². The average molecular weight is 441 g/mol. The molecule has 0 bridgehead atoms. The number of benzene rings is 2. The highest BCUT2D eigenvalue weighted by Gasteiger charge is 2.22. The third-order valence-corrected chi connectivity index (χ3v) is 5.55. The molecule has 1 heterocycles. The van der Waals surface area contributed by atoms with Gasteiger partial charge >= 0.3 is 0 Å². The molecule has 164 valence electrons. The number of rotatable bonds is 10. The number of carbonyl (C=O) groups excluding carboxylic acids is 1. The summed E-state index contributed by atoms with van der Waals surface area (Å²) in [7, 11) is 1.61. The van der Waals surface area contributed by atoms with E-state index in [9.17, 15) is 4.79 Å². The van der Waals surface area contributed by atoms with Crippen LogP contribution in [0, 0.1) is 0 Å². The predicted octanol–water partition coefficient (Wildman–Crippen LogP) is 4.42. The number of nitrogens with one attached hydrogen (secondary N) is 1. The van der Waals surface area contributed by atoms with Crippen molar-refractivity contribution in [1.29, 1.82) is 0 Å². The maximum Gasteiger partial charge on any atom is 0.230 e. The van der Waals surface area contributed by atoms with Gasteiger partial charge in [0.2, 0.25) is 5.91 Å². The van der Waals surface area contributed by atoms with Gasteiger partial charge in [-0.25, -0.2) is 0 Å². The first-order valence-electron chi connectivity index (χ1n) is 10.2. The molecule has 0 aliphatic heterocycles. The van der Waals surface area contributed by atoms with Crippen LogP contribution in [0.4, 0.5) is 0 Å². The summed E-state index contributed by atoms with van der Waals surface area (Å²) >= 11 is 1.37. The van der Waals surface area contributed by atoms with Crippen molar-refractivity contribution >= 4 is 17.7 Å². The van der Waals surface area contributed by atoms with E-state index in [4.69, 9.17) is 9.47 Å². The van der Waals surface area contributed by atoms with Gasteiger partial charge in [-0.1, -0.05) is 54.2 Å². The second-order valence-electron chi connectivity index (χ2n) is 7.27. The van der Waals surface area contributed by atoms with Crippen LogP contribution in [-0.2, 0) is 11.3 Å². The first-order valence-corrected chi connectivity index (χ1v) is 11.2. The number of methoxy groups -OCH3 is 1. The molecule has 0 saturated heterocycles. The first-order chi connectivity index (χ1) is 15.0. The number of hydrogen-bond donors (Lipinski definition) is 1. The van der Waals surface area contributed by atoms with Crippen molar-refractivity contribution in [3.8, 4) is 11.5 Å². The lowest BCUT2D eigenvalue weighted by Gasteiger charge is -2.19. The largest absolute Gasteiger partial charge is 0.493 e. The fourth-order valence-corrected chi connectivity index (χ4v) is 3.99. The van der Waals surface area contributed by atoms with Crippen molar-refractivity contribution < 1.29 is 14.3 Å². The zero-order valence-corrected chi connectivity index (χ0v) is 19.1. The highest BCUT2D eigenvalue weighted by Crippen LogP contribution is 2.32. The number of para-hydroxylation sites is 2. The molecule has 0 spiro atoms. The van der Waals surface area contributed by atoms with Crippen LogP contribution >= 0.6 is 11.8 Å². The van der Waals surface area contributed by atoms with Crippen LogP contribution in [-0.4, -0.2) is 33.5 Å². The lowest BCUT2D eigenvalue weighted by molar-refractivity contribution is -0.118. The first kappa shape index (κ1) is 22.7. The number of nitrogens with zero attached hydrogens (tertiary/aromatic N) is 3. The molecular weight excluding hydrogens is 412 g/mol. The Kier molecular flexibility index (Phi) is 7.94. The molecule has 0 aliphatic rings. The monoisotopic (exact) mass is 440 g/mol. The van der Waals surface area contributed by atoms with Crippen LogP contribution in [0.1, 0.15) is 44.3 Å². The molecule has 0 aliphatic carbocycles. The molecular formula is C23H28N4O3S. The van der Waals surface area contributed by atoms with Gasteiger partial charge in [-0.05, 0) is 38.5 Å². The number of thioether (sulfide) groups is 1. The maximum atomic E-state index is 12.3. The zero-order valence-electron chi connectivity index (χ0n) is 18.2. The van der Waals surface area contributed by atoms with Gasteiger partial charge in [-0.3, -0.25) is 4.79 Å². The molecule has 0 radical (unpaired) electrons. The Labute approximate surface area is 187 Å². The maximum absolute atomic E-state index is 12.3. The molecule has 8 heteroatoms. The van der Waals surface area contributed by atoms with Crippen molar-refractivity contribution in [2.45, 2.75) is 44.6 Å². The van der Waals surface area contributed by atoms with Crippen LogP contribution in [0.3, 0.4) is 0 Å². The SMILES string of the molecule is COc1ccccc1OC(C)c1nnc(SCC(=O)NCc2ccccc2)n1C(C)C. The summed E-state index contributed by atoms with van der Waals surface area (Å²) in [5.74, 6) is 2.22. The molecule has 3 rings (SSSR count). The molecule has 3 aromatic rings. The Hall–Kier alpha value is -3.00. The molecule has 31 heavy (non-hydrogen) atoms. The van der Waals surface area contributed by atoms with E-state index in [0.717, 1.165) is 5.56 Å². The summed E-state index contributed by atoms with van der Waals surface area (Å²) in [6.07, 6.45) is -0.340. The van der Waals surface area contributed by atoms with Crippen LogP contribution in [0.2, 0.25) is 0 Å². The second kappa shape index (κ2) is 10.9. The topological polar surface area (TPSA) is 78.3 Å². The Morgan fingerprint density at radius 3 is 2.39 bits per heavy atom. The summed E-state index contributed by atoms with van der Waals surface area (Å²) in [6, 6.07) is 17.4. The van der Waals surface area contributed by atoms with E-state index in [0.29, 0.717) is 29.0 Å². The smallest absolute Gasteiger partial charge is 0.230 e. The number of aromatic nitrogens is 3. The zero-order chi connectivity index (χ0) is 22.2. The highest BCUT2D eigenvalue weighted by atomic mass is 32.2. The van der Waals surface area contributed by atoms with Crippen molar-refractivity contribution in [2.24, 2.45) is 0 Å². The van der Waals surface area contributed by atoms with Crippen LogP contribution in [0.25, 0.3) is 0 Å². The molecule has 1 amide bonds. The minimum absolute atomic E-state index is 0.0490. The van der Waals surface area contributed by atoms with Gasteiger partial charge in [-0.15, -0.1) is 10.2 Å². The molecule has 2 aromatic carbocycles. The third-order valence-electron chi connectivity index (χ3n) is 4.61. The summed E-state index contributed by atoms with van der Waals surface area (Å²) in [6.45, 7) is 6.55. The number of carbonyl (C=O) groups is 1.